The van der Waals surface area contributed by atoms with E-state index in [1.165, 1.54) is 0 Å². The van der Waals surface area contributed by atoms with Crippen molar-refractivity contribution in [3.63, 3.8) is 0 Å². The quantitative estimate of drug-likeness (QED) is 0.154. The Morgan fingerprint density at radius 2 is 2.26 bits per heavy atom. The minimum Gasteiger partial charge on any atom is -0.364 e. The molecule has 11 heteroatoms. The molecule has 6 N–H and O–H groups in total. The van der Waals surface area contributed by atoms with Crippen molar-refractivity contribution in [3.05, 3.63) is 33.9 Å². The Balaban J connectivity index is 2.18. The maximum absolute atomic E-state index is 9.36. The highest BCUT2D eigenvalue weighted by molar-refractivity contribution is 9.10. The smallest absolute Gasteiger partial charge is 0.202 e. The first kappa shape index (κ1) is 17.7. The average molecular weight is 402 g/mol. The van der Waals surface area contributed by atoms with Gasteiger partial charge in [0.15, 0.2) is 11.5 Å². The van der Waals surface area contributed by atoms with Crippen molar-refractivity contribution in [2.24, 2.45) is 10.1 Å². The van der Waals surface area contributed by atoms with Gasteiger partial charge in [-0.3, -0.25) is 15.8 Å². The summed E-state index contributed by atoms with van der Waals surface area (Å²) in [6, 6.07) is 5.56. The van der Waals surface area contributed by atoms with E-state index in [2.05, 4.69) is 41.3 Å². The fourth-order valence-corrected chi connectivity index (χ4v) is 2.25. The molecule has 23 heavy (non-hydrogen) atoms. The summed E-state index contributed by atoms with van der Waals surface area (Å²) >= 11 is 4.47. The van der Waals surface area contributed by atoms with Crippen LogP contribution in [-0.4, -0.2) is 34.4 Å². The number of halogens is 1. The Morgan fingerprint density at radius 1 is 1.43 bits per heavy atom. The van der Waals surface area contributed by atoms with Gasteiger partial charge in [-0.05, 0) is 34.9 Å². The van der Waals surface area contributed by atoms with Crippen LogP contribution in [-0.2, 0) is 0 Å². The van der Waals surface area contributed by atoms with E-state index in [1.54, 1.807) is 0 Å². The number of anilines is 1. The summed E-state index contributed by atoms with van der Waals surface area (Å²) in [6.07, 6.45) is 0. The molecule has 0 saturated carbocycles. The SMILES string of the molecule is Cc1ccc(N=C(NO)c2nonc2NCCNSN)cc1Br. The van der Waals surface area contributed by atoms with E-state index in [9.17, 15) is 5.21 Å². The number of amidine groups is 1. The van der Waals surface area contributed by atoms with Gasteiger partial charge in [0.05, 0.1) is 5.69 Å². The zero-order valence-electron chi connectivity index (χ0n) is 12.2. The van der Waals surface area contributed by atoms with Gasteiger partial charge in [0.1, 0.15) is 0 Å². The predicted octanol–water partition coefficient (Wildman–Crippen LogP) is 1.72. The van der Waals surface area contributed by atoms with Crippen LogP contribution in [0.15, 0.2) is 32.3 Å². The topological polar surface area (TPSA) is 134 Å². The van der Waals surface area contributed by atoms with Gasteiger partial charge in [0, 0.05) is 29.7 Å². The van der Waals surface area contributed by atoms with Gasteiger partial charge in [0.25, 0.3) is 0 Å². The molecule has 1 heterocycles. The number of aryl methyl sites for hydroxylation is 1. The van der Waals surface area contributed by atoms with Gasteiger partial charge < -0.3 is 5.32 Å². The van der Waals surface area contributed by atoms with Gasteiger partial charge in [-0.2, -0.15) is 0 Å². The van der Waals surface area contributed by atoms with E-state index in [1.807, 2.05) is 30.6 Å². The molecule has 0 aliphatic heterocycles. The molecule has 124 valence electrons. The predicted molar refractivity (Wildman–Crippen MR) is 92.6 cm³/mol. The zero-order chi connectivity index (χ0) is 16.7. The molecule has 0 amide bonds. The number of aliphatic imine (C=N–C) groups is 1. The molecule has 0 radical (unpaired) electrons. The van der Waals surface area contributed by atoms with Crippen molar-refractivity contribution in [3.8, 4) is 0 Å². The van der Waals surface area contributed by atoms with Gasteiger partial charge >= 0.3 is 0 Å². The highest BCUT2D eigenvalue weighted by Crippen LogP contribution is 2.23. The van der Waals surface area contributed by atoms with Crippen molar-refractivity contribution < 1.29 is 9.84 Å². The van der Waals surface area contributed by atoms with E-state index in [0.717, 1.165) is 22.2 Å². The number of rotatable bonds is 7. The van der Waals surface area contributed by atoms with Crippen molar-refractivity contribution >= 4 is 45.4 Å². The molecular weight excluding hydrogens is 386 g/mol. The van der Waals surface area contributed by atoms with Crippen LogP contribution in [0.1, 0.15) is 11.3 Å². The average Bonchev–Trinajstić information content (AvgIpc) is 3.01. The van der Waals surface area contributed by atoms with E-state index in [4.69, 9.17) is 9.77 Å². The molecule has 9 nitrogen and oxygen atoms in total. The third-order valence-corrected chi connectivity index (χ3v) is 4.04. The molecule has 0 aliphatic rings. The van der Waals surface area contributed by atoms with Crippen LogP contribution >= 0.6 is 28.1 Å². The number of hydrogen-bond donors (Lipinski definition) is 5. The third kappa shape index (κ3) is 4.91. The standard InChI is InChI=1S/C12H16BrN7O2S/c1-7-2-3-8(6-9(7)13)17-12(18-21)10-11(20-22-19-10)15-4-5-16-23-14/h2-3,6,16,21H,4-5,14H2,1H3,(H,15,20)(H,17,18). The molecular formula is C12H16BrN7O2S. The van der Waals surface area contributed by atoms with Crippen molar-refractivity contribution in [1.29, 1.82) is 0 Å². The monoisotopic (exact) mass is 401 g/mol. The molecule has 0 unspecified atom stereocenters. The fourth-order valence-electron chi connectivity index (χ4n) is 1.66. The van der Waals surface area contributed by atoms with E-state index >= 15 is 0 Å². The molecule has 1 aromatic heterocycles. The molecule has 2 aromatic rings. The maximum atomic E-state index is 9.36. The molecule has 0 aliphatic carbocycles. The van der Waals surface area contributed by atoms with Gasteiger partial charge in [-0.1, -0.05) is 22.0 Å². The Labute approximate surface area is 145 Å². The van der Waals surface area contributed by atoms with Crippen molar-refractivity contribution in [1.82, 2.24) is 20.5 Å². The van der Waals surface area contributed by atoms with Crippen LogP contribution in [0.25, 0.3) is 0 Å². The Morgan fingerprint density at radius 3 is 2.96 bits per heavy atom. The Hall–Kier alpha value is -1.66. The second-order valence-corrected chi connectivity index (χ2v) is 5.78. The second-order valence-electron chi connectivity index (χ2n) is 4.41. The van der Waals surface area contributed by atoms with E-state index < -0.39 is 0 Å². The first-order chi connectivity index (χ1) is 11.2. The lowest BCUT2D eigenvalue weighted by molar-refractivity contribution is 0.234. The second kappa shape index (κ2) is 8.84. The minimum absolute atomic E-state index is 0.116. The molecule has 0 saturated heterocycles. The van der Waals surface area contributed by atoms with E-state index in [-0.39, 0.29) is 11.5 Å². The Kier molecular flexibility index (Phi) is 6.80. The van der Waals surface area contributed by atoms with Crippen molar-refractivity contribution in [2.45, 2.75) is 6.92 Å². The number of nitrogens with one attached hydrogen (secondary N) is 3. The fraction of sp³-hybridized carbons (Fsp3) is 0.250. The normalized spacial score (nSPS) is 11.6. The lowest BCUT2D eigenvalue weighted by atomic mass is 10.2. The Bertz CT molecular complexity index is 679. The zero-order valence-corrected chi connectivity index (χ0v) is 14.6. The largest absolute Gasteiger partial charge is 0.364 e. The van der Waals surface area contributed by atoms with Gasteiger partial charge in [-0.15, -0.1) is 0 Å². The minimum atomic E-state index is 0.116. The highest BCUT2D eigenvalue weighted by atomic mass is 79.9. The number of benzene rings is 1. The summed E-state index contributed by atoms with van der Waals surface area (Å²) in [7, 11) is 0. The first-order valence-electron chi connectivity index (χ1n) is 6.56. The van der Waals surface area contributed by atoms with Crippen LogP contribution in [0, 0.1) is 6.92 Å². The maximum Gasteiger partial charge on any atom is 0.202 e. The first-order valence-corrected chi connectivity index (χ1v) is 8.23. The molecule has 2 rings (SSSR count). The molecule has 1 aromatic carbocycles. The summed E-state index contributed by atoms with van der Waals surface area (Å²) in [5, 5.41) is 25.1. The van der Waals surface area contributed by atoms with Crippen LogP contribution in [0.3, 0.4) is 0 Å². The van der Waals surface area contributed by atoms with Crippen molar-refractivity contribution in [2.75, 3.05) is 18.4 Å². The molecule has 0 fully saturated rings. The van der Waals surface area contributed by atoms with Gasteiger partial charge in [0.2, 0.25) is 5.82 Å². The number of hydrogen-bond acceptors (Lipinski definition) is 9. The number of hydroxylamine groups is 1. The van der Waals surface area contributed by atoms with Crippen LogP contribution in [0.5, 0.6) is 0 Å². The number of nitrogens with zero attached hydrogens (tertiary/aromatic N) is 3. The van der Waals surface area contributed by atoms with Crippen LogP contribution in [0.2, 0.25) is 0 Å². The lowest BCUT2D eigenvalue weighted by Gasteiger charge is -2.06. The summed E-state index contributed by atoms with van der Waals surface area (Å²) in [6.45, 7) is 3.12. The third-order valence-electron chi connectivity index (χ3n) is 2.82. The van der Waals surface area contributed by atoms with Crippen LogP contribution < -0.4 is 20.7 Å². The number of aromatic nitrogens is 2. The highest BCUT2D eigenvalue weighted by Gasteiger charge is 2.16. The summed E-state index contributed by atoms with van der Waals surface area (Å²) < 4.78 is 8.50. The molecule has 0 spiro atoms. The summed E-state index contributed by atoms with van der Waals surface area (Å²) in [5.74, 6) is 0.478. The molecule has 0 bridgehead atoms. The van der Waals surface area contributed by atoms with E-state index in [0.29, 0.717) is 24.6 Å². The van der Waals surface area contributed by atoms with Crippen LogP contribution in [0.4, 0.5) is 11.5 Å². The summed E-state index contributed by atoms with van der Waals surface area (Å²) in [5.41, 5.74) is 4.00. The number of nitrogens with two attached hydrogens (primary N) is 1. The molecule has 0 atom stereocenters. The summed E-state index contributed by atoms with van der Waals surface area (Å²) in [4.78, 5) is 4.31. The lowest BCUT2D eigenvalue weighted by Crippen LogP contribution is -2.23. The van der Waals surface area contributed by atoms with Gasteiger partial charge in [-0.25, -0.2) is 14.3 Å².